The van der Waals surface area contributed by atoms with Crippen LogP contribution in [0.5, 0.6) is 0 Å². The number of nitrogens with one attached hydrogen (secondary N) is 1. The fourth-order valence-corrected chi connectivity index (χ4v) is 4.09. The summed E-state index contributed by atoms with van der Waals surface area (Å²) in [5.41, 5.74) is 0.536. The molecular weight excluding hydrogens is 348 g/mol. The number of carbonyl (C=O) groups excluding carboxylic acids is 1. The summed E-state index contributed by atoms with van der Waals surface area (Å²) in [6, 6.07) is 0. The molecule has 1 atom stereocenters. The summed E-state index contributed by atoms with van der Waals surface area (Å²) in [6.45, 7) is 3.54. The fourth-order valence-electron chi connectivity index (χ4n) is 3.45. The van der Waals surface area contributed by atoms with Crippen LogP contribution < -0.4 is 5.32 Å². The fraction of sp³-hybridized carbons (Fsp3) is 0.611. The highest BCUT2D eigenvalue weighted by atomic mass is 32.1. The number of imidazole rings is 1. The molecule has 26 heavy (non-hydrogen) atoms. The third-order valence-electron chi connectivity index (χ3n) is 4.76. The molecule has 1 amide bonds. The molecule has 0 saturated carbocycles. The summed E-state index contributed by atoms with van der Waals surface area (Å²) < 4.78 is 2.25. The molecule has 0 spiro atoms. The van der Waals surface area contributed by atoms with Crippen LogP contribution in [-0.4, -0.2) is 71.0 Å². The molecule has 142 valence electrons. The molecule has 1 unspecified atom stereocenters. The normalized spacial score (nSPS) is 17.7. The maximum atomic E-state index is 12.8. The molecule has 1 saturated heterocycles. The van der Waals surface area contributed by atoms with Gasteiger partial charge in [0.15, 0.2) is 5.13 Å². The van der Waals surface area contributed by atoms with Crippen molar-refractivity contribution in [1.82, 2.24) is 24.3 Å². The molecule has 1 N–H and O–H groups in total. The molecular formula is C18H28N6OS. The first-order valence-electron chi connectivity index (χ1n) is 9.16. The summed E-state index contributed by atoms with van der Waals surface area (Å²) >= 11 is 1.46. The summed E-state index contributed by atoms with van der Waals surface area (Å²) in [4.78, 5) is 25.9. The molecule has 2 aromatic rings. The predicted molar refractivity (Wildman–Crippen MR) is 105 cm³/mol. The Morgan fingerprint density at radius 1 is 1.46 bits per heavy atom. The number of carbonyl (C=O) groups is 1. The number of aryl methyl sites for hydroxylation is 1. The Morgan fingerprint density at radius 2 is 2.31 bits per heavy atom. The van der Waals surface area contributed by atoms with Gasteiger partial charge in [0.05, 0.1) is 0 Å². The van der Waals surface area contributed by atoms with Crippen LogP contribution in [0.25, 0.3) is 0 Å². The van der Waals surface area contributed by atoms with Gasteiger partial charge in [0, 0.05) is 50.4 Å². The summed E-state index contributed by atoms with van der Waals surface area (Å²) in [5.74, 6) is 1.43. The van der Waals surface area contributed by atoms with E-state index in [1.165, 1.54) is 11.3 Å². The molecule has 0 aliphatic carbocycles. The number of amides is 1. The van der Waals surface area contributed by atoms with E-state index in [9.17, 15) is 4.79 Å². The van der Waals surface area contributed by atoms with Crippen molar-refractivity contribution in [2.45, 2.75) is 31.7 Å². The van der Waals surface area contributed by atoms with Gasteiger partial charge in [-0.05, 0) is 39.9 Å². The maximum Gasteiger partial charge on any atom is 0.273 e. The van der Waals surface area contributed by atoms with Gasteiger partial charge in [-0.1, -0.05) is 0 Å². The van der Waals surface area contributed by atoms with Gasteiger partial charge in [-0.15, -0.1) is 11.3 Å². The van der Waals surface area contributed by atoms with Crippen LogP contribution in [-0.2, 0) is 6.54 Å². The van der Waals surface area contributed by atoms with E-state index in [4.69, 9.17) is 0 Å². The molecule has 1 aliphatic heterocycles. The van der Waals surface area contributed by atoms with Crippen LogP contribution >= 0.6 is 11.3 Å². The topological polar surface area (TPSA) is 66.3 Å². The van der Waals surface area contributed by atoms with Crippen LogP contribution in [0.15, 0.2) is 17.8 Å². The Kier molecular flexibility index (Phi) is 6.26. The van der Waals surface area contributed by atoms with Gasteiger partial charge >= 0.3 is 0 Å². The zero-order valence-electron chi connectivity index (χ0n) is 15.8. The Bertz CT molecular complexity index is 725. The van der Waals surface area contributed by atoms with E-state index in [0.29, 0.717) is 11.6 Å². The highest BCUT2D eigenvalue weighted by Crippen LogP contribution is 2.27. The van der Waals surface area contributed by atoms with Gasteiger partial charge in [0.25, 0.3) is 5.91 Å². The Balaban J connectivity index is 1.65. The highest BCUT2D eigenvalue weighted by Gasteiger charge is 2.29. The number of nitrogens with zero attached hydrogens (tertiary/aromatic N) is 5. The van der Waals surface area contributed by atoms with Crippen LogP contribution in [0.1, 0.15) is 41.5 Å². The number of rotatable bonds is 7. The molecule has 3 rings (SSSR count). The smallest absolute Gasteiger partial charge is 0.273 e. The van der Waals surface area contributed by atoms with Crippen LogP contribution in [0.2, 0.25) is 0 Å². The van der Waals surface area contributed by atoms with E-state index in [-0.39, 0.29) is 5.91 Å². The van der Waals surface area contributed by atoms with Crippen molar-refractivity contribution < 1.29 is 4.79 Å². The van der Waals surface area contributed by atoms with Crippen molar-refractivity contribution in [2.75, 3.05) is 46.1 Å². The van der Waals surface area contributed by atoms with Crippen molar-refractivity contribution >= 4 is 22.4 Å². The average Bonchev–Trinajstić information content (AvgIpc) is 3.30. The van der Waals surface area contributed by atoms with Gasteiger partial charge in [-0.2, -0.15) is 0 Å². The SMILES string of the molecule is CNc1nc(C(=O)N2CCCC(c3nccn3CCCN(C)C)C2)cs1. The number of hydrogen-bond donors (Lipinski definition) is 1. The molecule has 3 heterocycles. The predicted octanol–water partition coefficient (Wildman–Crippen LogP) is 2.35. The first-order chi connectivity index (χ1) is 12.6. The van der Waals surface area contributed by atoms with Gasteiger partial charge in [0.2, 0.25) is 0 Å². The summed E-state index contributed by atoms with van der Waals surface area (Å²) in [7, 11) is 6.01. The first-order valence-corrected chi connectivity index (χ1v) is 10.0. The number of thiazole rings is 1. The zero-order chi connectivity index (χ0) is 18.5. The quantitative estimate of drug-likeness (QED) is 0.803. The third kappa shape index (κ3) is 4.42. The Morgan fingerprint density at radius 3 is 3.04 bits per heavy atom. The second-order valence-electron chi connectivity index (χ2n) is 7.01. The van der Waals surface area contributed by atoms with Crippen molar-refractivity contribution in [3.63, 3.8) is 0 Å². The van der Waals surface area contributed by atoms with E-state index < -0.39 is 0 Å². The van der Waals surface area contributed by atoms with Gasteiger partial charge in [-0.25, -0.2) is 9.97 Å². The number of hydrogen-bond acceptors (Lipinski definition) is 6. The number of piperidine rings is 1. The van der Waals surface area contributed by atoms with Crippen LogP contribution in [0, 0.1) is 0 Å². The number of likely N-dealkylation sites (tertiary alicyclic amines) is 1. The zero-order valence-corrected chi connectivity index (χ0v) is 16.6. The molecule has 7 nitrogen and oxygen atoms in total. The monoisotopic (exact) mass is 376 g/mol. The summed E-state index contributed by atoms with van der Waals surface area (Å²) in [6.07, 6.45) is 7.12. The van der Waals surface area contributed by atoms with E-state index in [1.54, 1.807) is 0 Å². The van der Waals surface area contributed by atoms with Crippen molar-refractivity contribution in [2.24, 2.45) is 0 Å². The lowest BCUT2D eigenvalue weighted by molar-refractivity contribution is 0.0698. The van der Waals surface area contributed by atoms with Crippen molar-refractivity contribution in [3.05, 3.63) is 29.3 Å². The lowest BCUT2D eigenvalue weighted by atomic mass is 9.97. The largest absolute Gasteiger partial charge is 0.365 e. The van der Waals surface area contributed by atoms with Gasteiger partial charge < -0.3 is 19.7 Å². The second-order valence-corrected chi connectivity index (χ2v) is 7.87. The van der Waals surface area contributed by atoms with E-state index in [2.05, 4.69) is 45.0 Å². The number of anilines is 1. The minimum Gasteiger partial charge on any atom is -0.365 e. The molecule has 1 fully saturated rings. The van der Waals surface area contributed by atoms with Gasteiger partial charge in [0.1, 0.15) is 11.5 Å². The van der Waals surface area contributed by atoms with Crippen LogP contribution in [0.3, 0.4) is 0 Å². The van der Waals surface area contributed by atoms with Crippen LogP contribution in [0.4, 0.5) is 5.13 Å². The molecule has 0 radical (unpaired) electrons. The third-order valence-corrected chi connectivity index (χ3v) is 5.62. The maximum absolute atomic E-state index is 12.8. The van der Waals surface area contributed by atoms with E-state index >= 15 is 0 Å². The minimum atomic E-state index is 0.0261. The highest BCUT2D eigenvalue weighted by molar-refractivity contribution is 7.13. The average molecular weight is 377 g/mol. The molecule has 0 bridgehead atoms. The second kappa shape index (κ2) is 8.64. The molecule has 0 aromatic carbocycles. The van der Waals surface area contributed by atoms with Crippen molar-refractivity contribution in [1.29, 1.82) is 0 Å². The number of aromatic nitrogens is 3. The first kappa shape index (κ1) is 18.8. The minimum absolute atomic E-state index is 0.0261. The van der Waals surface area contributed by atoms with E-state index in [1.807, 2.05) is 23.5 Å². The molecule has 2 aromatic heterocycles. The van der Waals surface area contributed by atoms with Crippen molar-refractivity contribution in [3.8, 4) is 0 Å². The Hall–Kier alpha value is -1.93. The van der Waals surface area contributed by atoms with Gasteiger partial charge in [-0.3, -0.25) is 4.79 Å². The summed E-state index contributed by atoms with van der Waals surface area (Å²) in [5, 5.41) is 5.60. The van der Waals surface area contributed by atoms with E-state index in [0.717, 1.165) is 56.4 Å². The Labute approximate surface area is 159 Å². The standard InChI is InChI=1S/C18H28N6OS/c1-19-18-21-15(13-26-18)17(25)24-9-4-6-14(12-24)16-20-7-11-23(16)10-5-8-22(2)3/h7,11,13-14H,4-6,8-10,12H2,1-3H3,(H,19,21). The lowest BCUT2D eigenvalue weighted by Gasteiger charge is -2.32. The molecule has 1 aliphatic rings. The lowest BCUT2D eigenvalue weighted by Crippen LogP contribution is -2.40. The molecule has 8 heteroatoms.